The van der Waals surface area contributed by atoms with Crippen LogP contribution >= 0.6 is 0 Å². The van der Waals surface area contributed by atoms with Gasteiger partial charge in [0.1, 0.15) is 0 Å². The molecule has 146 valence electrons. The number of nitrogens with one attached hydrogen (secondary N) is 1. The Hall–Kier alpha value is -2.32. The van der Waals surface area contributed by atoms with Crippen LogP contribution in [0.2, 0.25) is 0 Å². The minimum Gasteiger partial charge on any atom is -0.465 e. The molecule has 0 saturated carbocycles. The molecular formula is C19H27BN2O5. The van der Waals surface area contributed by atoms with Crippen LogP contribution in [0.15, 0.2) is 23.7 Å². The third kappa shape index (κ3) is 4.70. The van der Waals surface area contributed by atoms with Crippen LogP contribution in [0.1, 0.15) is 50.5 Å². The van der Waals surface area contributed by atoms with Gasteiger partial charge in [0.2, 0.25) is 5.91 Å². The van der Waals surface area contributed by atoms with Crippen LogP contribution < -0.4 is 11.1 Å². The predicted octanol–water partition coefficient (Wildman–Crippen LogP) is 2.21. The van der Waals surface area contributed by atoms with Gasteiger partial charge in [0.25, 0.3) is 0 Å². The first kappa shape index (κ1) is 21.0. The first-order valence-corrected chi connectivity index (χ1v) is 8.75. The van der Waals surface area contributed by atoms with E-state index in [4.69, 9.17) is 19.8 Å². The molecule has 0 bridgehead atoms. The van der Waals surface area contributed by atoms with Crippen molar-refractivity contribution in [1.29, 1.82) is 0 Å². The first-order valence-electron chi connectivity index (χ1n) is 8.75. The number of hydrogen-bond donors (Lipinski definition) is 2. The molecule has 1 aliphatic heterocycles. The molecule has 0 atom stereocenters. The van der Waals surface area contributed by atoms with E-state index in [-0.39, 0.29) is 18.0 Å². The lowest BCUT2D eigenvalue weighted by atomic mass is 9.77. The van der Waals surface area contributed by atoms with Gasteiger partial charge >= 0.3 is 13.1 Å². The van der Waals surface area contributed by atoms with E-state index in [1.54, 1.807) is 18.2 Å². The molecule has 0 aliphatic carbocycles. The summed E-state index contributed by atoms with van der Waals surface area (Å²) in [7, 11) is 0.678. The SMILES string of the molecule is COC(=O)c1cc(C=C(CNC(C)=O)B2OC(C)(C)C(C)(C)O2)ccc1N. The smallest absolute Gasteiger partial charge is 0.465 e. The molecule has 8 heteroatoms. The maximum absolute atomic E-state index is 11.9. The average molecular weight is 374 g/mol. The molecule has 7 nitrogen and oxygen atoms in total. The van der Waals surface area contributed by atoms with Crippen LogP contribution in [-0.2, 0) is 18.8 Å². The third-order valence-electron chi connectivity index (χ3n) is 4.93. The molecule has 1 heterocycles. The quantitative estimate of drug-likeness (QED) is 0.466. The highest BCUT2D eigenvalue weighted by molar-refractivity contribution is 6.56. The summed E-state index contributed by atoms with van der Waals surface area (Å²) in [5.41, 5.74) is 6.90. The Kier molecular flexibility index (Phi) is 6.02. The van der Waals surface area contributed by atoms with E-state index in [2.05, 4.69) is 5.32 Å². The summed E-state index contributed by atoms with van der Waals surface area (Å²) >= 11 is 0. The molecule has 0 unspecified atom stereocenters. The van der Waals surface area contributed by atoms with Gasteiger partial charge in [-0.2, -0.15) is 0 Å². The molecule has 0 spiro atoms. The number of rotatable bonds is 5. The molecule has 27 heavy (non-hydrogen) atoms. The summed E-state index contributed by atoms with van der Waals surface area (Å²) in [5.74, 6) is -0.674. The van der Waals surface area contributed by atoms with E-state index in [0.717, 1.165) is 11.0 Å². The van der Waals surface area contributed by atoms with Crippen molar-refractivity contribution in [3.63, 3.8) is 0 Å². The summed E-state index contributed by atoms with van der Waals surface area (Å²) in [6.45, 7) is 9.54. The lowest BCUT2D eigenvalue weighted by Crippen LogP contribution is -2.41. The Bertz CT molecular complexity index is 757. The van der Waals surface area contributed by atoms with Crippen LogP contribution in [0.3, 0.4) is 0 Å². The third-order valence-corrected chi connectivity index (χ3v) is 4.93. The predicted molar refractivity (Wildman–Crippen MR) is 105 cm³/mol. The van der Waals surface area contributed by atoms with Crippen molar-refractivity contribution >= 4 is 30.8 Å². The Balaban J connectivity index is 2.40. The molecule has 2 rings (SSSR count). The lowest BCUT2D eigenvalue weighted by Gasteiger charge is -2.32. The standard InChI is InChI=1S/C19H27BN2O5/c1-12(23)22-11-14(20-26-18(2,3)19(4,5)27-20)9-13-7-8-16(21)15(10-13)17(24)25-6/h7-10H,11,21H2,1-6H3,(H,22,23). The van der Waals surface area contributed by atoms with E-state index in [9.17, 15) is 9.59 Å². The van der Waals surface area contributed by atoms with E-state index < -0.39 is 24.3 Å². The highest BCUT2D eigenvalue weighted by Crippen LogP contribution is 2.38. The van der Waals surface area contributed by atoms with Crippen molar-refractivity contribution in [1.82, 2.24) is 5.32 Å². The van der Waals surface area contributed by atoms with Gasteiger partial charge in [0.05, 0.1) is 23.9 Å². The Morgan fingerprint density at radius 2 is 1.81 bits per heavy atom. The molecule has 1 aromatic rings. The lowest BCUT2D eigenvalue weighted by molar-refractivity contribution is -0.118. The molecule has 1 aromatic carbocycles. The number of amides is 1. The first-order chi connectivity index (χ1) is 12.5. The summed E-state index contributed by atoms with van der Waals surface area (Å²) in [6, 6.07) is 5.05. The fourth-order valence-electron chi connectivity index (χ4n) is 2.59. The largest absolute Gasteiger partial charge is 0.492 e. The van der Waals surface area contributed by atoms with E-state index in [1.165, 1.54) is 14.0 Å². The number of benzene rings is 1. The average Bonchev–Trinajstić information content (AvgIpc) is 2.79. The number of esters is 1. The number of hydrogen-bond acceptors (Lipinski definition) is 6. The molecule has 1 fully saturated rings. The minimum atomic E-state index is -0.624. The Morgan fingerprint density at radius 1 is 1.22 bits per heavy atom. The Morgan fingerprint density at radius 3 is 2.33 bits per heavy atom. The zero-order chi connectivity index (χ0) is 20.4. The van der Waals surface area contributed by atoms with Gasteiger partial charge in [0.15, 0.2) is 0 Å². The topological polar surface area (TPSA) is 99.9 Å². The van der Waals surface area contributed by atoms with Crippen molar-refractivity contribution in [2.45, 2.75) is 45.8 Å². The number of nitrogens with two attached hydrogens (primary N) is 1. The van der Waals surface area contributed by atoms with Gasteiger partial charge in [0, 0.05) is 19.2 Å². The van der Waals surface area contributed by atoms with Gasteiger partial charge in [-0.05, 0) is 50.9 Å². The Labute approximate surface area is 160 Å². The number of nitrogen functional groups attached to an aromatic ring is 1. The second kappa shape index (κ2) is 7.74. The summed E-state index contributed by atoms with van der Waals surface area (Å²) in [4.78, 5) is 23.3. The fraction of sp³-hybridized carbons (Fsp3) is 0.474. The second-order valence-corrected chi connectivity index (χ2v) is 7.56. The zero-order valence-electron chi connectivity index (χ0n) is 16.7. The molecular weight excluding hydrogens is 347 g/mol. The second-order valence-electron chi connectivity index (χ2n) is 7.56. The van der Waals surface area contributed by atoms with Crippen LogP contribution in [0.25, 0.3) is 6.08 Å². The summed E-state index contributed by atoms with van der Waals surface area (Å²) in [5, 5.41) is 2.77. The van der Waals surface area contributed by atoms with Crippen LogP contribution in [-0.4, -0.2) is 43.9 Å². The van der Waals surface area contributed by atoms with Crippen LogP contribution in [0.5, 0.6) is 0 Å². The fourth-order valence-corrected chi connectivity index (χ4v) is 2.59. The van der Waals surface area contributed by atoms with Gasteiger partial charge in [-0.15, -0.1) is 0 Å². The normalized spacial score (nSPS) is 18.3. The number of ether oxygens (including phenoxy) is 1. The van der Waals surface area contributed by atoms with Crippen LogP contribution in [0, 0.1) is 0 Å². The highest BCUT2D eigenvalue weighted by atomic mass is 16.7. The molecule has 1 saturated heterocycles. The molecule has 0 aromatic heterocycles. The van der Waals surface area contributed by atoms with Crippen molar-refractivity contribution in [2.24, 2.45) is 0 Å². The van der Waals surface area contributed by atoms with Crippen molar-refractivity contribution in [2.75, 3.05) is 19.4 Å². The molecule has 1 aliphatic rings. The van der Waals surface area contributed by atoms with Crippen molar-refractivity contribution in [3.8, 4) is 0 Å². The maximum atomic E-state index is 11.9. The van der Waals surface area contributed by atoms with E-state index in [1.807, 2.05) is 33.8 Å². The zero-order valence-corrected chi connectivity index (χ0v) is 16.7. The van der Waals surface area contributed by atoms with Crippen molar-refractivity contribution < 1.29 is 23.6 Å². The molecule has 0 radical (unpaired) electrons. The minimum absolute atomic E-state index is 0.162. The van der Waals surface area contributed by atoms with E-state index in [0.29, 0.717) is 5.69 Å². The number of anilines is 1. The number of carbonyl (C=O) groups excluding carboxylic acids is 2. The number of methoxy groups -OCH3 is 1. The van der Waals surface area contributed by atoms with Gasteiger partial charge in [-0.3, -0.25) is 4.79 Å². The van der Waals surface area contributed by atoms with Gasteiger partial charge in [-0.1, -0.05) is 12.1 Å². The maximum Gasteiger partial charge on any atom is 0.492 e. The monoisotopic (exact) mass is 374 g/mol. The summed E-state index contributed by atoms with van der Waals surface area (Å²) < 4.78 is 17.0. The van der Waals surface area contributed by atoms with Gasteiger partial charge in [-0.25, -0.2) is 4.79 Å². The van der Waals surface area contributed by atoms with Crippen molar-refractivity contribution in [3.05, 3.63) is 34.8 Å². The van der Waals surface area contributed by atoms with E-state index >= 15 is 0 Å². The summed E-state index contributed by atoms with van der Waals surface area (Å²) in [6.07, 6.45) is 1.82. The molecule has 1 amide bonds. The number of carbonyl (C=O) groups is 2. The molecule has 3 N–H and O–H groups in total. The van der Waals surface area contributed by atoms with Crippen LogP contribution in [0.4, 0.5) is 5.69 Å². The highest BCUT2D eigenvalue weighted by Gasteiger charge is 2.52. The van der Waals surface area contributed by atoms with Gasteiger partial charge < -0.3 is 25.1 Å².